The number of ketones is 1. The number of Topliss-reactive ketones (excluding diaryl/α,β-unsaturated/α-hetero) is 1. The number of nitrogens with zero attached hydrogens (tertiary/aromatic N) is 3. The third kappa shape index (κ3) is 4.37. The lowest BCUT2D eigenvalue weighted by Crippen LogP contribution is -2.65. The summed E-state index contributed by atoms with van der Waals surface area (Å²) in [5.74, 6) is 2.26. The van der Waals surface area contributed by atoms with Gasteiger partial charge in [-0.25, -0.2) is 0 Å². The zero-order valence-electron chi connectivity index (χ0n) is 27.3. The minimum absolute atomic E-state index is 0.149. The summed E-state index contributed by atoms with van der Waals surface area (Å²) in [5, 5.41) is 15.2. The van der Waals surface area contributed by atoms with Crippen molar-refractivity contribution in [2.75, 3.05) is 65.5 Å². The van der Waals surface area contributed by atoms with Crippen molar-refractivity contribution in [1.29, 1.82) is 0 Å². The van der Waals surface area contributed by atoms with Crippen LogP contribution in [0, 0.1) is 15.5 Å². The first-order valence-corrected chi connectivity index (χ1v) is 16.6. The molecule has 4 heterocycles. The highest BCUT2D eigenvalue weighted by Crippen LogP contribution is 2.69. The molecule has 1 N–H and O–H groups in total. The number of carbonyl (C=O) groups is 2. The van der Waals surface area contributed by atoms with Gasteiger partial charge in [-0.1, -0.05) is 6.07 Å². The number of hydrogen-bond acceptors (Lipinski definition) is 11. The number of nitro benzene ring substituents is 1. The maximum absolute atomic E-state index is 15.7. The molecule has 12 nitrogen and oxygen atoms in total. The molecule has 2 spiro atoms. The Labute approximate surface area is 282 Å². The number of ether oxygens (including phenoxy) is 4. The van der Waals surface area contributed by atoms with Crippen LogP contribution in [0.2, 0.25) is 0 Å². The topological polar surface area (TPSA) is 133 Å². The molecule has 1 amide bonds. The fourth-order valence-electron chi connectivity index (χ4n) is 8.51. The number of methoxy groups -OCH3 is 4. The first-order valence-electron chi connectivity index (χ1n) is 15.5. The largest absolute Gasteiger partial charge is 0.497 e. The van der Waals surface area contributed by atoms with E-state index in [9.17, 15) is 14.9 Å². The number of non-ortho nitro benzene ring substituents is 1. The molecule has 48 heavy (non-hydrogen) atoms. The SMILES string of the molecule is COc1ccc(/C=C2\CN(C)C[C@@]3(C2=O)[C@@H](c2ccc(OC)cc2OC)[C@@H]2CSCN2[C@@]32C(=O)Nc3ccc([N+](=O)[O-])cc32)c(OC)c1. The van der Waals surface area contributed by atoms with Crippen LogP contribution in [0.4, 0.5) is 11.4 Å². The summed E-state index contributed by atoms with van der Waals surface area (Å²) >= 11 is 1.67. The van der Waals surface area contributed by atoms with Crippen molar-refractivity contribution in [2.24, 2.45) is 5.41 Å². The minimum Gasteiger partial charge on any atom is -0.497 e. The summed E-state index contributed by atoms with van der Waals surface area (Å²) in [4.78, 5) is 46.4. The maximum atomic E-state index is 15.7. The van der Waals surface area contributed by atoms with Crippen molar-refractivity contribution in [3.63, 3.8) is 0 Å². The standard InChI is InChI=1S/C35H36N4O8S/c1-37-16-21(12-20-6-8-23(44-2)14-29(20)46-4)32(40)34(18-37)31(25-10-9-24(45-3)15-30(25)47-5)28-17-48-19-38(28)35(34)26-13-22(39(42)43)7-11-27(26)36-33(35)41/h6-15,28,31H,16-19H2,1-5H3,(H,36,41)/b21-12+/t28-,31-,34-,35-/m0/s1. The number of anilines is 1. The molecule has 0 aromatic heterocycles. The quantitative estimate of drug-likeness (QED) is 0.216. The maximum Gasteiger partial charge on any atom is 0.269 e. The number of nitro groups is 1. The third-order valence-corrected chi connectivity index (χ3v) is 11.3. The number of piperidine rings is 1. The first kappa shape index (κ1) is 32.0. The number of hydrogen-bond donors (Lipinski definition) is 1. The van der Waals surface area contributed by atoms with E-state index in [4.69, 9.17) is 18.9 Å². The molecule has 0 aliphatic carbocycles. The second-order valence-corrected chi connectivity index (χ2v) is 13.5. The number of amides is 1. The van der Waals surface area contributed by atoms with Gasteiger partial charge in [0.05, 0.1) is 38.8 Å². The van der Waals surface area contributed by atoms with Gasteiger partial charge in [-0.3, -0.25) is 24.6 Å². The van der Waals surface area contributed by atoms with Crippen LogP contribution in [0.25, 0.3) is 6.08 Å². The predicted molar refractivity (Wildman–Crippen MR) is 181 cm³/mol. The highest BCUT2D eigenvalue weighted by Gasteiger charge is 2.79. The van der Waals surface area contributed by atoms with Gasteiger partial charge in [-0.15, -0.1) is 11.8 Å². The van der Waals surface area contributed by atoms with Gasteiger partial charge >= 0.3 is 0 Å². The van der Waals surface area contributed by atoms with E-state index in [-0.39, 0.29) is 30.0 Å². The van der Waals surface area contributed by atoms with Crippen LogP contribution in [0.3, 0.4) is 0 Å². The Morgan fingerprint density at radius 2 is 1.67 bits per heavy atom. The molecule has 4 aliphatic heterocycles. The van der Waals surface area contributed by atoms with Crippen LogP contribution >= 0.6 is 11.8 Å². The van der Waals surface area contributed by atoms with E-state index in [0.717, 1.165) is 5.56 Å². The van der Waals surface area contributed by atoms with Crippen molar-refractivity contribution in [3.05, 3.63) is 87.0 Å². The number of carbonyl (C=O) groups excluding carboxylic acids is 2. The van der Waals surface area contributed by atoms with Gasteiger partial charge in [0.1, 0.15) is 28.5 Å². The van der Waals surface area contributed by atoms with Gasteiger partial charge in [0.25, 0.3) is 11.6 Å². The molecule has 4 atom stereocenters. The molecule has 0 unspecified atom stereocenters. The van der Waals surface area contributed by atoms with Crippen molar-refractivity contribution in [3.8, 4) is 23.0 Å². The number of likely N-dealkylation sites (N-methyl/N-ethyl adjacent to an activating group) is 1. The summed E-state index contributed by atoms with van der Waals surface area (Å²) in [6.45, 7) is 0.539. The van der Waals surface area contributed by atoms with E-state index in [2.05, 4.69) is 15.1 Å². The summed E-state index contributed by atoms with van der Waals surface area (Å²) in [5.41, 5.74) is -0.296. The van der Waals surface area contributed by atoms with Gasteiger partial charge in [-0.2, -0.15) is 0 Å². The Morgan fingerprint density at radius 3 is 2.35 bits per heavy atom. The van der Waals surface area contributed by atoms with E-state index in [0.29, 0.717) is 63.6 Å². The minimum atomic E-state index is -1.56. The van der Waals surface area contributed by atoms with Crippen LogP contribution in [0.1, 0.15) is 22.6 Å². The summed E-state index contributed by atoms with van der Waals surface area (Å²) < 4.78 is 22.6. The molecule has 7 rings (SSSR count). The van der Waals surface area contributed by atoms with Gasteiger partial charge in [-0.05, 0) is 37.4 Å². The summed E-state index contributed by atoms with van der Waals surface area (Å²) in [6, 6.07) is 15.1. The number of likely N-dealkylation sites (tertiary alicyclic amines) is 1. The summed E-state index contributed by atoms with van der Waals surface area (Å²) in [6.07, 6.45) is 1.83. The zero-order chi connectivity index (χ0) is 34.0. The second kappa shape index (κ2) is 11.8. The van der Waals surface area contributed by atoms with E-state index >= 15 is 4.79 Å². The summed E-state index contributed by atoms with van der Waals surface area (Å²) in [7, 11) is 8.22. The predicted octanol–water partition coefficient (Wildman–Crippen LogP) is 4.53. The van der Waals surface area contributed by atoms with Crippen molar-refractivity contribution in [1.82, 2.24) is 9.80 Å². The third-order valence-electron chi connectivity index (χ3n) is 10.3. The second-order valence-electron chi connectivity index (χ2n) is 12.5. The van der Waals surface area contributed by atoms with E-state index in [1.165, 1.54) is 12.1 Å². The average Bonchev–Trinajstić information content (AvgIpc) is 3.74. The van der Waals surface area contributed by atoms with Gasteiger partial charge in [0.2, 0.25) is 0 Å². The van der Waals surface area contributed by atoms with Crippen LogP contribution in [0.15, 0.2) is 60.2 Å². The zero-order valence-corrected chi connectivity index (χ0v) is 28.1. The molecule has 4 aliphatic rings. The van der Waals surface area contributed by atoms with Crippen molar-refractivity contribution in [2.45, 2.75) is 17.5 Å². The fourth-order valence-corrected chi connectivity index (χ4v) is 9.81. The Hall–Kier alpha value is -4.59. The Bertz CT molecular complexity index is 1880. The lowest BCUT2D eigenvalue weighted by molar-refractivity contribution is -0.385. The molecular weight excluding hydrogens is 636 g/mol. The van der Waals surface area contributed by atoms with Gasteiger partial charge in [0.15, 0.2) is 5.78 Å². The molecule has 3 fully saturated rings. The number of rotatable bonds is 7. The monoisotopic (exact) mass is 672 g/mol. The molecule has 3 aromatic carbocycles. The van der Waals surface area contributed by atoms with E-state index < -0.39 is 21.8 Å². The van der Waals surface area contributed by atoms with Crippen LogP contribution < -0.4 is 24.3 Å². The first-order chi connectivity index (χ1) is 23.1. The molecule has 0 bridgehead atoms. The molecule has 250 valence electrons. The smallest absolute Gasteiger partial charge is 0.269 e. The highest BCUT2D eigenvalue weighted by molar-refractivity contribution is 7.99. The molecule has 0 radical (unpaired) electrons. The Morgan fingerprint density at radius 1 is 0.958 bits per heavy atom. The highest BCUT2D eigenvalue weighted by atomic mass is 32.2. The Balaban J connectivity index is 1.55. The van der Waals surface area contributed by atoms with Crippen molar-refractivity contribution >= 4 is 40.9 Å². The molecule has 3 saturated heterocycles. The fraction of sp³-hybridized carbons (Fsp3) is 0.371. The lowest BCUT2D eigenvalue weighted by Gasteiger charge is -2.51. The van der Waals surface area contributed by atoms with Crippen LogP contribution in [-0.2, 0) is 15.1 Å². The Kier molecular flexibility index (Phi) is 7.88. The van der Waals surface area contributed by atoms with Gasteiger partial charge in [0, 0.05) is 88.9 Å². The molecule has 3 aromatic rings. The lowest BCUT2D eigenvalue weighted by atomic mass is 9.55. The average molecular weight is 673 g/mol. The molecular formula is C35H36N4O8S. The van der Waals surface area contributed by atoms with Gasteiger partial charge < -0.3 is 29.2 Å². The molecule has 0 saturated carbocycles. The number of thioether (sulfide) groups is 1. The van der Waals surface area contributed by atoms with E-state index in [1.807, 2.05) is 31.3 Å². The van der Waals surface area contributed by atoms with E-state index in [1.54, 1.807) is 64.5 Å². The number of fused-ring (bicyclic) bond motifs is 5. The number of benzene rings is 3. The van der Waals surface area contributed by atoms with Crippen molar-refractivity contribution < 1.29 is 33.5 Å². The van der Waals surface area contributed by atoms with Crippen LogP contribution in [-0.4, -0.2) is 92.7 Å². The number of nitrogens with one attached hydrogen (secondary N) is 1. The molecule has 13 heteroatoms. The normalized spacial score (nSPS) is 27.3. The van der Waals surface area contributed by atoms with Crippen LogP contribution in [0.5, 0.6) is 23.0 Å².